The van der Waals surface area contributed by atoms with E-state index in [-0.39, 0.29) is 0 Å². The number of nitrogens with zero attached hydrogens (tertiary/aromatic N) is 5. The molecule has 2 aliphatic rings. The highest BCUT2D eigenvalue weighted by atomic mass is 32.1. The van der Waals surface area contributed by atoms with Gasteiger partial charge in [-0.1, -0.05) is 26.7 Å². The number of morpholine rings is 1. The number of ether oxygens (including phenoxy) is 1. The first-order chi connectivity index (χ1) is 15.3. The summed E-state index contributed by atoms with van der Waals surface area (Å²) in [5, 5.41) is 1.29. The molecule has 3 aromatic rings. The van der Waals surface area contributed by atoms with Gasteiger partial charge in [0.15, 0.2) is 0 Å². The Bertz CT molecular complexity index is 1050. The summed E-state index contributed by atoms with van der Waals surface area (Å²) < 4.78 is 6.81. The van der Waals surface area contributed by atoms with Crippen LogP contribution in [-0.4, -0.2) is 54.3 Å². The zero-order valence-corrected chi connectivity index (χ0v) is 19.6. The van der Waals surface area contributed by atoms with Crippen LogP contribution >= 0.6 is 11.3 Å². The predicted molar refractivity (Wildman–Crippen MR) is 130 cm³/mol. The van der Waals surface area contributed by atoms with Crippen molar-refractivity contribution < 1.29 is 4.74 Å². The van der Waals surface area contributed by atoms with Gasteiger partial charge < -0.3 is 14.5 Å². The molecule has 4 heterocycles. The third kappa shape index (κ3) is 3.87. The lowest BCUT2D eigenvalue weighted by Gasteiger charge is -2.29. The molecule has 0 unspecified atom stereocenters. The molecule has 0 aromatic carbocycles. The molecule has 6 nitrogen and oxygen atoms in total. The third-order valence-electron chi connectivity index (χ3n) is 6.60. The third-order valence-corrected chi connectivity index (χ3v) is 7.67. The van der Waals surface area contributed by atoms with Crippen molar-refractivity contribution in [1.82, 2.24) is 15.0 Å². The summed E-state index contributed by atoms with van der Waals surface area (Å²) in [7, 11) is 0. The molecule has 31 heavy (non-hydrogen) atoms. The summed E-state index contributed by atoms with van der Waals surface area (Å²) in [5.74, 6) is 2.30. The fourth-order valence-corrected chi connectivity index (χ4v) is 6.12. The number of aryl methyl sites for hydroxylation is 1. The maximum atomic E-state index is 5.59. The number of aromatic nitrogens is 3. The van der Waals surface area contributed by atoms with Crippen molar-refractivity contribution >= 4 is 43.4 Å². The second-order valence-corrected chi connectivity index (χ2v) is 9.70. The number of rotatable bonds is 8. The lowest BCUT2D eigenvalue weighted by Crippen LogP contribution is -2.37. The largest absolute Gasteiger partial charge is 0.378 e. The lowest BCUT2D eigenvalue weighted by molar-refractivity contribution is 0.122. The van der Waals surface area contributed by atoms with Gasteiger partial charge >= 0.3 is 0 Å². The van der Waals surface area contributed by atoms with Crippen LogP contribution in [0, 0.1) is 0 Å². The average Bonchev–Trinajstić information content (AvgIpc) is 3.43. The second kappa shape index (κ2) is 9.25. The summed E-state index contributed by atoms with van der Waals surface area (Å²) in [6.07, 6.45) is 10.0. The van der Waals surface area contributed by atoms with Gasteiger partial charge in [-0.05, 0) is 43.2 Å². The van der Waals surface area contributed by atoms with E-state index in [0.717, 1.165) is 68.4 Å². The molecule has 0 atom stereocenters. The number of hydrogen-bond acceptors (Lipinski definition) is 7. The van der Waals surface area contributed by atoms with Crippen molar-refractivity contribution in [3.8, 4) is 0 Å². The molecule has 0 N–H and O–H groups in total. The highest BCUT2D eigenvalue weighted by Gasteiger charge is 2.28. The van der Waals surface area contributed by atoms with Crippen LogP contribution in [0.15, 0.2) is 6.33 Å². The normalized spacial score (nSPS) is 16.4. The van der Waals surface area contributed by atoms with Gasteiger partial charge in [-0.15, -0.1) is 11.3 Å². The average molecular weight is 440 g/mol. The van der Waals surface area contributed by atoms with Gasteiger partial charge in [0.25, 0.3) is 0 Å². The highest BCUT2D eigenvalue weighted by molar-refractivity contribution is 7.26. The Morgan fingerprint density at radius 2 is 1.77 bits per heavy atom. The van der Waals surface area contributed by atoms with E-state index < -0.39 is 0 Å². The zero-order chi connectivity index (χ0) is 21.2. The number of hydrogen-bond donors (Lipinski definition) is 0. The Hall–Kier alpha value is -1.99. The van der Waals surface area contributed by atoms with Crippen LogP contribution in [0.5, 0.6) is 0 Å². The van der Waals surface area contributed by atoms with Crippen LogP contribution < -0.4 is 9.80 Å². The molecule has 1 fully saturated rings. The van der Waals surface area contributed by atoms with E-state index >= 15 is 0 Å². The molecule has 1 saturated heterocycles. The summed E-state index contributed by atoms with van der Waals surface area (Å²) >= 11 is 1.79. The maximum Gasteiger partial charge on any atom is 0.150 e. The number of pyridine rings is 1. The molecular formula is C24H33N5OS. The molecule has 3 aromatic heterocycles. The molecule has 0 spiro atoms. The Balaban J connectivity index is 1.65. The van der Waals surface area contributed by atoms with E-state index in [4.69, 9.17) is 19.7 Å². The van der Waals surface area contributed by atoms with E-state index in [1.165, 1.54) is 59.1 Å². The Kier molecular flexibility index (Phi) is 6.23. The molecule has 0 saturated carbocycles. The molecule has 5 rings (SSSR count). The number of anilines is 2. The fourth-order valence-electron chi connectivity index (χ4n) is 4.95. The van der Waals surface area contributed by atoms with Gasteiger partial charge in [-0.2, -0.15) is 0 Å². The minimum absolute atomic E-state index is 0.792. The van der Waals surface area contributed by atoms with E-state index in [1.54, 1.807) is 17.7 Å². The van der Waals surface area contributed by atoms with Crippen LogP contribution in [0.1, 0.15) is 57.1 Å². The summed E-state index contributed by atoms with van der Waals surface area (Å²) in [5.41, 5.74) is 4.04. The quantitative estimate of drug-likeness (QED) is 0.494. The molecular weight excluding hydrogens is 406 g/mol. The number of fused-ring (bicyclic) bond motifs is 5. The molecule has 166 valence electrons. The smallest absolute Gasteiger partial charge is 0.150 e. The molecule has 7 heteroatoms. The summed E-state index contributed by atoms with van der Waals surface area (Å²) in [6.45, 7) is 10.1. The molecule has 0 amide bonds. The molecule has 0 radical (unpaired) electrons. The zero-order valence-electron chi connectivity index (χ0n) is 18.8. The first-order valence-electron chi connectivity index (χ1n) is 12.0. The predicted octanol–water partition coefficient (Wildman–Crippen LogP) is 4.97. The van der Waals surface area contributed by atoms with Gasteiger partial charge in [0.05, 0.1) is 23.4 Å². The van der Waals surface area contributed by atoms with E-state index in [0.29, 0.717) is 0 Å². The van der Waals surface area contributed by atoms with Crippen LogP contribution in [0.25, 0.3) is 20.4 Å². The van der Waals surface area contributed by atoms with Gasteiger partial charge in [0.1, 0.15) is 22.8 Å². The SMILES string of the molecule is CCCCN(CCCC)c1ncnc2c1sc1nc(N3CCOCC3)c3c(c12)CCC3. The number of unbranched alkanes of at least 4 members (excludes halogenated alkanes) is 2. The fraction of sp³-hybridized carbons (Fsp3) is 0.625. The number of thiophene rings is 1. The minimum atomic E-state index is 0.792. The van der Waals surface area contributed by atoms with Gasteiger partial charge in [-0.3, -0.25) is 0 Å². The maximum absolute atomic E-state index is 5.59. The van der Waals surface area contributed by atoms with Gasteiger partial charge in [0, 0.05) is 31.6 Å². The Labute approximate surface area is 188 Å². The van der Waals surface area contributed by atoms with Crippen molar-refractivity contribution in [1.29, 1.82) is 0 Å². The minimum Gasteiger partial charge on any atom is -0.378 e. The van der Waals surface area contributed by atoms with Crippen LogP contribution in [0.4, 0.5) is 11.6 Å². The standard InChI is InChI=1S/C24H33N5OS/c1-3-5-10-28(11-6-4-2)23-21-20(25-16-26-23)19-17-8-7-9-18(17)22(27-24(19)31-21)29-12-14-30-15-13-29/h16H,3-15H2,1-2H3. The topological polar surface area (TPSA) is 54.4 Å². The second-order valence-electron chi connectivity index (χ2n) is 8.70. The van der Waals surface area contributed by atoms with Gasteiger partial charge in [0.2, 0.25) is 0 Å². The van der Waals surface area contributed by atoms with Crippen LogP contribution in [-0.2, 0) is 17.6 Å². The van der Waals surface area contributed by atoms with Crippen molar-refractivity contribution in [2.75, 3.05) is 49.2 Å². The Morgan fingerprint density at radius 3 is 2.52 bits per heavy atom. The Morgan fingerprint density at radius 1 is 1.03 bits per heavy atom. The molecule has 0 bridgehead atoms. The first-order valence-corrected chi connectivity index (χ1v) is 12.8. The van der Waals surface area contributed by atoms with Crippen molar-refractivity contribution in [3.63, 3.8) is 0 Å². The highest BCUT2D eigenvalue weighted by Crippen LogP contribution is 2.44. The van der Waals surface area contributed by atoms with Crippen LogP contribution in [0.2, 0.25) is 0 Å². The van der Waals surface area contributed by atoms with Crippen molar-refractivity contribution in [3.05, 3.63) is 17.5 Å². The monoisotopic (exact) mass is 439 g/mol. The summed E-state index contributed by atoms with van der Waals surface area (Å²) in [4.78, 5) is 20.9. The van der Waals surface area contributed by atoms with Crippen LogP contribution in [0.3, 0.4) is 0 Å². The van der Waals surface area contributed by atoms with E-state index in [9.17, 15) is 0 Å². The molecule has 1 aliphatic heterocycles. The molecule has 1 aliphatic carbocycles. The van der Waals surface area contributed by atoms with E-state index in [2.05, 4.69) is 23.6 Å². The van der Waals surface area contributed by atoms with Crippen molar-refractivity contribution in [2.24, 2.45) is 0 Å². The first kappa shape index (κ1) is 20.9. The van der Waals surface area contributed by atoms with E-state index in [1.807, 2.05) is 0 Å². The summed E-state index contributed by atoms with van der Waals surface area (Å²) in [6, 6.07) is 0. The van der Waals surface area contributed by atoms with Crippen molar-refractivity contribution in [2.45, 2.75) is 58.8 Å². The van der Waals surface area contributed by atoms with Gasteiger partial charge in [-0.25, -0.2) is 15.0 Å². The lowest BCUT2D eigenvalue weighted by atomic mass is 10.1.